The van der Waals surface area contributed by atoms with Gasteiger partial charge in [0.15, 0.2) is 0 Å². The monoisotopic (exact) mass is 378 g/mol. The fraction of sp³-hybridized carbons (Fsp3) is 0.143. The highest BCUT2D eigenvalue weighted by atomic mass is 79.9. The van der Waals surface area contributed by atoms with Crippen molar-refractivity contribution in [1.29, 1.82) is 0 Å². The summed E-state index contributed by atoms with van der Waals surface area (Å²) in [5.74, 6) is -1.21. The molecule has 1 aromatic carbocycles. The third-order valence-electron chi connectivity index (χ3n) is 3.35. The van der Waals surface area contributed by atoms with Gasteiger partial charge in [0.25, 0.3) is 0 Å². The molecule has 3 rings (SSSR count). The van der Waals surface area contributed by atoms with Crippen LogP contribution in [0.1, 0.15) is 5.56 Å². The zero-order chi connectivity index (χ0) is 16.7. The van der Waals surface area contributed by atoms with Crippen molar-refractivity contribution >= 4 is 27.5 Å². The number of rotatable bonds is 3. The van der Waals surface area contributed by atoms with E-state index >= 15 is 0 Å². The van der Waals surface area contributed by atoms with E-state index in [1.54, 1.807) is 6.07 Å². The number of nitrogens with zero attached hydrogens (tertiary/aromatic N) is 4. The number of aryl methyl sites for hydroxylation is 1. The quantitative estimate of drug-likeness (QED) is 0.726. The van der Waals surface area contributed by atoms with Crippen LogP contribution in [0.3, 0.4) is 0 Å². The number of carbonyl (C=O) groups is 1. The van der Waals surface area contributed by atoms with Crippen LogP contribution in [0.5, 0.6) is 0 Å². The van der Waals surface area contributed by atoms with E-state index in [-0.39, 0.29) is 5.65 Å². The lowest BCUT2D eigenvalue weighted by Crippen LogP contribution is -2.25. The molecule has 0 bridgehead atoms. The molecule has 0 aliphatic rings. The number of hydrogen-bond acceptors (Lipinski definition) is 4. The minimum Gasteiger partial charge on any atom is -0.480 e. The van der Waals surface area contributed by atoms with Crippen molar-refractivity contribution in [2.24, 2.45) is 0 Å². The summed E-state index contributed by atoms with van der Waals surface area (Å²) < 4.78 is 4.05. The van der Waals surface area contributed by atoms with Crippen molar-refractivity contribution in [2.45, 2.75) is 13.5 Å². The van der Waals surface area contributed by atoms with Gasteiger partial charge in [0.05, 0.1) is 0 Å². The number of aromatic nitrogens is 4. The van der Waals surface area contributed by atoms with Gasteiger partial charge in [-0.25, -0.2) is 13.9 Å². The molecule has 0 saturated carbocycles. The van der Waals surface area contributed by atoms with E-state index in [0.29, 0.717) is 5.69 Å². The Hall–Kier alpha value is -2.68. The Morgan fingerprint density at radius 1 is 1.30 bits per heavy atom. The van der Waals surface area contributed by atoms with Crippen LogP contribution in [0, 0.1) is 6.92 Å². The number of fused-ring (bicyclic) bond motifs is 1. The van der Waals surface area contributed by atoms with Crippen molar-refractivity contribution in [3.05, 3.63) is 61.5 Å². The first-order valence-corrected chi connectivity index (χ1v) is 7.37. The number of halogens is 1. The van der Waals surface area contributed by atoms with Gasteiger partial charge in [0.2, 0.25) is 5.65 Å². The van der Waals surface area contributed by atoms with Crippen molar-refractivity contribution in [3.8, 4) is 5.69 Å². The van der Waals surface area contributed by atoms with Gasteiger partial charge in [-0.1, -0.05) is 15.9 Å². The molecule has 0 atom stereocenters. The van der Waals surface area contributed by atoms with E-state index in [2.05, 4.69) is 21.0 Å². The van der Waals surface area contributed by atoms with E-state index in [9.17, 15) is 14.4 Å². The molecule has 0 spiro atoms. The zero-order valence-electron chi connectivity index (χ0n) is 11.9. The Labute approximate surface area is 137 Å². The first-order chi connectivity index (χ1) is 10.9. The fourth-order valence-corrected chi connectivity index (χ4v) is 2.47. The van der Waals surface area contributed by atoms with E-state index in [1.165, 1.54) is 17.0 Å². The molecule has 2 aromatic heterocycles. The van der Waals surface area contributed by atoms with Crippen LogP contribution in [0.25, 0.3) is 11.3 Å². The molecular weight excluding hydrogens is 368 g/mol. The normalized spacial score (nSPS) is 11.0. The second-order valence-corrected chi connectivity index (χ2v) is 5.79. The Morgan fingerprint density at radius 2 is 2.04 bits per heavy atom. The topological polar surface area (TPSA) is 98.6 Å². The predicted octanol–water partition coefficient (Wildman–Crippen LogP) is 0.802. The second kappa shape index (κ2) is 5.51. The lowest BCUT2D eigenvalue weighted by molar-refractivity contribution is -0.137. The van der Waals surface area contributed by atoms with Crippen LogP contribution in [-0.4, -0.2) is 29.8 Å². The molecule has 118 valence electrons. The highest BCUT2D eigenvalue weighted by Crippen LogP contribution is 2.18. The van der Waals surface area contributed by atoms with Crippen LogP contribution in [0.2, 0.25) is 0 Å². The molecule has 2 heterocycles. The molecule has 8 nitrogen and oxygen atoms in total. The summed E-state index contributed by atoms with van der Waals surface area (Å²) in [6, 6.07) is 5.38. The summed E-state index contributed by atoms with van der Waals surface area (Å²) in [6.45, 7) is 1.29. The van der Waals surface area contributed by atoms with Crippen molar-refractivity contribution in [3.63, 3.8) is 0 Å². The van der Waals surface area contributed by atoms with Crippen LogP contribution < -0.4 is 11.2 Å². The van der Waals surface area contributed by atoms with Gasteiger partial charge >= 0.3 is 17.2 Å². The Bertz CT molecular complexity index is 1050. The molecule has 0 radical (unpaired) electrons. The standard InChI is InChI=1S/C14H11BrN4O4/c1-8-6-9(2-3-10(8)15)17-4-5-18-12(13(17)22)16-19(14(18)23)7-11(20)21/h2-6H,7H2,1H3,(H,20,21). The maximum Gasteiger partial charge on any atom is 0.351 e. The molecule has 0 saturated heterocycles. The van der Waals surface area contributed by atoms with E-state index < -0.39 is 23.8 Å². The maximum atomic E-state index is 12.5. The largest absolute Gasteiger partial charge is 0.480 e. The molecule has 0 fully saturated rings. The fourth-order valence-electron chi connectivity index (χ4n) is 2.22. The number of carboxylic acid groups (broad SMARTS) is 1. The summed E-state index contributed by atoms with van der Waals surface area (Å²) in [4.78, 5) is 35.3. The minimum absolute atomic E-state index is 0.126. The molecule has 9 heteroatoms. The van der Waals surface area contributed by atoms with Gasteiger partial charge in [-0.3, -0.25) is 14.2 Å². The van der Waals surface area contributed by atoms with Gasteiger partial charge in [-0.15, -0.1) is 5.10 Å². The molecule has 0 unspecified atom stereocenters. The van der Waals surface area contributed by atoms with Crippen molar-refractivity contribution in [1.82, 2.24) is 18.7 Å². The number of benzene rings is 1. The lowest BCUT2D eigenvalue weighted by atomic mass is 10.2. The minimum atomic E-state index is -1.21. The molecular formula is C14H11BrN4O4. The summed E-state index contributed by atoms with van der Waals surface area (Å²) in [5, 5.41) is 12.6. The molecule has 0 amide bonds. The molecule has 3 aromatic rings. The SMILES string of the molecule is Cc1cc(-n2ccn3c(=O)n(CC(=O)O)nc3c2=O)ccc1Br. The average Bonchev–Trinajstić information content (AvgIpc) is 2.80. The maximum absolute atomic E-state index is 12.5. The molecule has 0 aliphatic heterocycles. The first kappa shape index (κ1) is 15.2. The molecule has 1 N–H and O–H groups in total. The third kappa shape index (κ3) is 2.59. The van der Waals surface area contributed by atoms with Crippen LogP contribution in [-0.2, 0) is 11.3 Å². The predicted molar refractivity (Wildman–Crippen MR) is 85.1 cm³/mol. The van der Waals surface area contributed by atoms with Crippen molar-refractivity contribution in [2.75, 3.05) is 0 Å². The van der Waals surface area contributed by atoms with Crippen LogP contribution in [0.15, 0.2) is 44.7 Å². The smallest absolute Gasteiger partial charge is 0.351 e. The highest BCUT2D eigenvalue weighted by molar-refractivity contribution is 9.10. The van der Waals surface area contributed by atoms with Crippen molar-refractivity contribution < 1.29 is 9.90 Å². The molecule has 0 aliphatic carbocycles. The van der Waals surface area contributed by atoms with Crippen LogP contribution in [0.4, 0.5) is 0 Å². The Kier molecular flexibility index (Phi) is 3.64. The molecule has 23 heavy (non-hydrogen) atoms. The number of hydrogen-bond donors (Lipinski definition) is 1. The summed E-state index contributed by atoms with van der Waals surface area (Å²) in [7, 11) is 0. The lowest BCUT2D eigenvalue weighted by Gasteiger charge is -2.07. The first-order valence-electron chi connectivity index (χ1n) is 6.57. The van der Waals surface area contributed by atoms with E-state index in [0.717, 1.165) is 19.1 Å². The average molecular weight is 379 g/mol. The zero-order valence-corrected chi connectivity index (χ0v) is 13.5. The Balaban J connectivity index is 2.23. The van der Waals surface area contributed by atoms with Gasteiger partial charge in [-0.05, 0) is 30.7 Å². The van der Waals surface area contributed by atoms with Gasteiger partial charge in [0.1, 0.15) is 6.54 Å². The van der Waals surface area contributed by atoms with Gasteiger partial charge in [0, 0.05) is 22.6 Å². The van der Waals surface area contributed by atoms with E-state index in [1.807, 2.05) is 19.1 Å². The number of carboxylic acids is 1. The third-order valence-corrected chi connectivity index (χ3v) is 4.24. The highest BCUT2D eigenvalue weighted by Gasteiger charge is 2.14. The summed E-state index contributed by atoms with van der Waals surface area (Å²) in [5.41, 5.74) is 0.273. The summed E-state index contributed by atoms with van der Waals surface area (Å²) >= 11 is 3.39. The van der Waals surface area contributed by atoms with Gasteiger partial charge in [-0.2, -0.15) is 0 Å². The number of aliphatic carboxylic acids is 1. The Morgan fingerprint density at radius 3 is 2.70 bits per heavy atom. The summed E-state index contributed by atoms with van der Waals surface area (Å²) in [6.07, 6.45) is 2.84. The van der Waals surface area contributed by atoms with Crippen LogP contribution >= 0.6 is 15.9 Å². The second-order valence-electron chi connectivity index (χ2n) is 4.93. The van der Waals surface area contributed by atoms with E-state index in [4.69, 9.17) is 5.11 Å². The van der Waals surface area contributed by atoms with Gasteiger partial charge < -0.3 is 5.11 Å².